The molecule has 0 spiro atoms. The summed E-state index contributed by atoms with van der Waals surface area (Å²) < 4.78 is 5.80. The Morgan fingerprint density at radius 2 is 1.94 bits per heavy atom. The Kier molecular flexibility index (Phi) is 5.45. The van der Waals surface area contributed by atoms with Crippen LogP contribution in [-0.2, 0) is 14.3 Å². The topological polar surface area (TPSA) is 98.5 Å². The van der Waals surface area contributed by atoms with Crippen molar-refractivity contribution in [2.75, 3.05) is 0 Å². The van der Waals surface area contributed by atoms with Crippen molar-refractivity contribution in [1.29, 1.82) is 0 Å². The van der Waals surface area contributed by atoms with E-state index >= 15 is 0 Å². The van der Waals surface area contributed by atoms with Crippen LogP contribution < -0.4 is 5.32 Å². The molecule has 1 N–H and O–H groups in total. The quantitative estimate of drug-likeness (QED) is 0.428. The van der Waals surface area contributed by atoms with Crippen LogP contribution in [0.5, 0.6) is 0 Å². The van der Waals surface area contributed by atoms with E-state index in [1.165, 1.54) is 12.1 Å². The Hall–Kier alpha value is -2.96. The maximum Gasteiger partial charge on any atom is 0.337 e. The zero-order chi connectivity index (χ0) is 22.3. The third kappa shape index (κ3) is 4.13. The lowest BCUT2D eigenvalue weighted by Gasteiger charge is -2.39. The van der Waals surface area contributed by atoms with Gasteiger partial charge >= 0.3 is 5.97 Å². The number of benzene rings is 1. The van der Waals surface area contributed by atoms with Crippen LogP contribution in [-0.4, -0.2) is 22.8 Å². The Bertz CT molecular complexity index is 1010. The van der Waals surface area contributed by atoms with Gasteiger partial charge in [0, 0.05) is 41.4 Å². The Balaban J connectivity index is 1.81. The number of nitro benzene ring substituents is 1. The summed E-state index contributed by atoms with van der Waals surface area (Å²) in [6.45, 7) is 5.90. The van der Waals surface area contributed by atoms with Crippen LogP contribution >= 0.6 is 0 Å². The first-order valence-electron chi connectivity index (χ1n) is 10.9. The number of nitrogens with zero attached hydrogens (tertiary/aromatic N) is 1. The summed E-state index contributed by atoms with van der Waals surface area (Å²) in [5.74, 6) is -1.15. The van der Waals surface area contributed by atoms with E-state index in [9.17, 15) is 19.7 Å². The van der Waals surface area contributed by atoms with Crippen LogP contribution in [0.4, 0.5) is 5.69 Å². The second-order valence-corrected chi connectivity index (χ2v) is 9.59. The highest BCUT2D eigenvalue weighted by Gasteiger charge is 2.43. The molecule has 0 saturated heterocycles. The number of rotatable bonds is 4. The SMILES string of the molecule is CC1=C(C(=O)OC2CCCC2)[C@H](c2cccc([N+](=O)[O-])c2)C2=C(CC(C)(C)CC2=O)N1. The van der Waals surface area contributed by atoms with Gasteiger partial charge in [0.15, 0.2) is 5.78 Å². The van der Waals surface area contributed by atoms with Gasteiger partial charge in [-0.2, -0.15) is 0 Å². The van der Waals surface area contributed by atoms with Gasteiger partial charge in [-0.15, -0.1) is 0 Å². The van der Waals surface area contributed by atoms with E-state index in [-0.39, 0.29) is 23.0 Å². The van der Waals surface area contributed by atoms with Crippen LogP contribution in [0.25, 0.3) is 0 Å². The minimum Gasteiger partial charge on any atom is -0.459 e. The summed E-state index contributed by atoms with van der Waals surface area (Å²) in [6.07, 6.45) is 4.67. The standard InChI is InChI=1S/C24H28N2O5/c1-14-20(23(28)31-17-9-4-5-10-17)21(15-7-6-8-16(11-15)26(29)30)22-18(25-14)12-24(2,3)13-19(22)27/h6-8,11,17,21,25H,4-5,9-10,12-13H2,1-3H3/t21-/m0/s1. The number of esters is 1. The first-order chi connectivity index (χ1) is 14.7. The van der Waals surface area contributed by atoms with Gasteiger partial charge in [0.2, 0.25) is 0 Å². The summed E-state index contributed by atoms with van der Waals surface area (Å²) in [5, 5.41) is 14.7. The second-order valence-electron chi connectivity index (χ2n) is 9.59. The Labute approximate surface area is 181 Å². The van der Waals surface area contributed by atoms with Crippen molar-refractivity contribution in [2.24, 2.45) is 5.41 Å². The third-order valence-electron chi connectivity index (χ3n) is 6.45. The average Bonchev–Trinajstić information content (AvgIpc) is 3.18. The number of Topliss-reactive ketones (excluding diaryl/α,β-unsaturated/α-hetero) is 1. The summed E-state index contributed by atoms with van der Waals surface area (Å²) in [6, 6.07) is 6.22. The Morgan fingerprint density at radius 1 is 1.23 bits per heavy atom. The number of carbonyl (C=O) groups is 2. The molecule has 7 heteroatoms. The van der Waals surface area contributed by atoms with E-state index in [2.05, 4.69) is 5.32 Å². The van der Waals surface area contributed by atoms with Crippen LogP contribution in [0.1, 0.15) is 70.8 Å². The highest BCUT2D eigenvalue weighted by Crippen LogP contribution is 2.47. The maximum absolute atomic E-state index is 13.3. The lowest BCUT2D eigenvalue weighted by molar-refractivity contribution is -0.384. The molecule has 4 rings (SSSR count). The van der Waals surface area contributed by atoms with Crippen LogP contribution in [0.3, 0.4) is 0 Å². The van der Waals surface area contributed by atoms with Crippen molar-refractivity contribution in [2.45, 2.75) is 71.3 Å². The number of nitro groups is 1. The molecule has 0 amide bonds. The van der Waals surface area contributed by atoms with Crippen molar-refractivity contribution in [1.82, 2.24) is 5.32 Å². The van der Waals surface area contributed by atoms with E-state index in [1.54, 1.807) is 12.1 Å². The number of nitrogens with one attached hydrogen (secondary N) is 1. The van der Waals surface area contributed by atoms with E-state index in [4.69, 9.17) is 4.74 Å². The van der Waals surface area contributed by atoms with E-state index in [0.717, 1.165) is 31.4 Å². The molecule has 0 bridgehead atoms. The number of ketones is 1. The zero-order valence-corrected chi connectivity index (χ0v) is 18.2. The maximum atomic E-state index is 13.3. The molecule has 0 unspecified atom stereocenters. The lowest BCUT2D eigenvalue weighted by Crippen LogP contribution is -2.39. The molecule has 164 valence electrons. The van der Waals surface area contributed by atoms with Crippen molar-refractivity contribution in [3.63, 3.8) is 0 Å². The molecule has 1 aromatic rings. The molecular weight excluding hydrogens is 396 g/mol. The summed E-state index contributed by atoms with van der Waals surface area (Å²) in [5.41, 5.74) is 2.65. The monoisotopic (exact) mass is 424 g/mol. The summed E-state index contributed by atoms with van der Waals surface area (Å²) in [4.78, 5) is 37.5. The third-order valence-corrected chi connectivity index (χ3v) is 6.45. The number of hydrogen-bond donors (Lipinski definition) is 1. The smallest absolute Gasteiger partial charge is 0.337 e. The molecule has 3 aliphatic rings. The number of allylic oxidation sites excluding steroid dienone is 3. The number of dihydropyridines is 1. The van der Waals surface area contributed by atoms with Crippen molar-refractivity contribution in [3.05, 3.63) is 62.5 Å². The molecule has 31 heavy (non-hydrogen) atoms. The van der Waals surface area contributed by atoms with E-state index < -0.39 is 16.8 Å². The molecular formula is C24H28N2O5. The largest absolute Gasteiger partial charge is 0.459 e. The minimum atomic E-state index is -0.673. The van der Waals surface area contributed by atoms with Gasteiger partial charge in [-0.1, -0.05) is 26.0 Å². The van der Waals surface area contributed by atoms with Gasteiger partial charge in [-0.05, 0) is 50.0 Å². The molecule has 1 saturated carbocycles. The average molecular weight is 424 g/mol. The van der Waals surface area contributed by atoms with Crippen LogP contribution in [0, 0.1) is 15.5 Å². The normalized spacial score (nSPS) is 23.5. The van der Waals surface area contributed by atoms with Crippen molar-refractivity contribution in [3.8, 4) is 0 Å². The fourth-order valence-electron chi connectivity index (χ4n) is 5.08. The fraction of sp³-hybridized carbons (Fsp3) is 0.500. The molecule has 1 fully saturated rings. The predicted octanol–water partition coefficient (Wildman–Crippen LogP) is 4.68. The molecule has 2 aliphatic carbocycles. The van der Waals surface area contributed by atoms with Crippen molar-refractivity contribution >= 4 is 17.4 Å². The second kappa shape index (κ2) is 7.94. The number of hydrogen-bond acceptors (Lipinski definition) is 6. The number of non-ortho nitro benzene ring substituents is 1. The summed E-state index contributed by atoms with van der Waals surface area (Å²) in [7, 11) is 0. The van der Waals surface area contributed by atoms with Gasteiger partial charge in [0.05, 0.1) is 10.5 Å². The van der Waals surface area contributed by atoms with E-state index in [0.29, 0.717) is 35.2 Å². The van der Waals surface area contributed by atoms with Crippen molar-refractivity contribution < 1.29 is 19.2 Å². The van der Waals surface area contributed by atoms with E-state index in [1.807, 2.05) is 20.8 Å². The first-order valence-corrected chi connectivity index (χ1v) is 10.9. The number of carbonyl (C=O) groups excluding carboxylic acids is 2. The van der Waals surface area contributed by atoms with Gasteiger partial charge in [-0.3, -0.25) is 14.9 Å². The van der Waals surface area contributed by atoms with Gasteiger partial charge in [0.1, 0.15) is 6.10 Å². The lowest BCUT2D eigenvalue weighted by atomic mass is 9.68. The first kappa shape index (κ1) is 21.3. The zero-order valence-electron chi connectivity index (χ0n) is 18.2. The predicted molar refractivity (Wildman–Crippen MR) is 115 cm³/mol. The Morgan fingerprint density at radius 3 is 2.61 bits per heavy atom. The fourth-order valence-corrected chi connectivity index (χ4v) is 5.08. The van der Waals surface area contributed by atoms with Gasteiger partial charge in [-0.25, -0.2) is 4.79 Å². The van der Waals surface area contributed by atoms with Crippen LogP contribution in [0.2, 0.25) is 0 Å². The molecule has 0 radical (unpaired) electrons. The molecule has 1 aliphatic heterocycles. The van der Waals surface area contributed by atoms with Crippen LogP contribution in [0.15, 0.2) is 46.8 Å². The minimum absolute atomic E-state index is 0.0334. The summed E-state index contributed by atoms with van der Waals surface area (Å²) >= 11 is 0. The molecule has 7 nitrogen and oxygen atoms in total. The molecule has 1 atom stereocenters. The molecule has 0 aromatic heterocycles. The number of ether oxygens (including phenoxy) is 1. The molecule has 1 heterocycles. The van der Waals surface area contributed by atoms with Gasteiger partial charge in [0.25, 0.3) is 5.69 Å². The molecule has 1 aromatic carbocycles. The van der Waals surface area contributed by atoms with Gasteiger partial charge < -0.3 is 10.1 Å². The highest BCUT2D eigenvalue weighted by atomic mass is 16.6. The highest BCUT2D eigenvalue weighted by molar-refractivity contribution is 6.04.